The summed E-state index contributed by atoms with van der Waals surface area (Å²) in [4.78, 5) is 8.93. The summed E-state index contributed by atoms with van der Waals surface area (Å²) in [5.74, 6) is 5.20. The van der Waals surface area contributed by atoms with Gasteiger partial charge in [-0.05, 0) is 92.3 Å². The monoisotopic (exact) mass is 816 g/mol. The molecule has 0 bridgehead atoms. The van der Waals surface area contributed by atoms with Crippen LogP contribution < -0.4 is 0 Å². The minimum absolute atomic E-state index is 0.196. The molecule has 4 aromatic heterocycles. The van der Waals surface area contributed by atoms with E-state index in [-0.39, 0.29) is 28.9 Å². The predicted molar refractivity (Wildman–Crippen MR) is 210 cm³/mol. The zero-order valence-corrected chi connectivity index (χ0v) is 31.3. The molecule has 0 spiro atoms. The average Bonchev–Trinajstić information content (AvgIpc) is 4.18. The summed E-state index contributed by atoms with van der Waals surface area (Å²) in [5.41, 5.74) is 5.05. The number of benzene rings is 4. The van der Waals surface area contributed by atoms with Gasteiger partial charge in [-0.1, -0.05) is 23.4 Å². The zero-order chi connectivity index (χ0) is 41.2. The van der Waals surface area contributed by atoms with Crippen LogP contribution in [-0.4, -0.2) is 39.5 Å². The first-order chi connectivity index (χ1) is 28.5. The van der Waals surface area contributed by atoms with Crippen LogP contribution in [-0.2, 0) is 0 Å². The number of hydrogen-bond acceptors (Lipinski definition) is 6. The molecule has 4 aromatic carbocycles. The summed E-state index contributed by atoms with van der Waals surface area (Å²) in [6.45, 7) is 0. The van der Waals surface area contributed by atoms with Gasteiger partial charge in [0.1, 0.15) is 29.0 Å². The predicted octanol–water partition coefficient (Wildman–Crippen LogP) is 10.2. The SMILES string of the molecule is C#Cc1ccc(F)cc1.Fc1cc2nc(-c3cnnc(Cl)c3)n(C3CC3)c2cc1F.Fc1ccc(C#Cc2cc(-c3nc4cc(F)c(F)cc4n3C3CC3)cnn2)cc1. The molecule has 0 aliphatic heterocycles. The zero-order valence-electron chi connectivity index (χ0n) is 30.5. The normalized spacial score (nSPS) is 13.1. The number of nitrogens with zero attached hydrogens (tertiary/aromatic N) is 8. The van der Waals surface area contributed by atoms with E-state index in [2.05, 4.69) is 48.1 Å². The fraction of sp³-hybridized carbons (Fsp3) is 0.136. The molecule has 2 saturated carbocycles. The molecule has 2 aliphatic rings. The van der Waals surface area contributed by atoms with Crippen molar-refractivity contribution in [1.82, 2.24) is 39.5 Å². The number of terminal acetylenes is 1. The smallest absolute Gasteiger partial charge is 0.161 e. The Labute approximate surface area is 337 Å². The van der Waals surface area contributed by atoms with Crippen LogP contribution in [0.25, 0.3) is 44.8 Å². The lowest BCUT2D eigenvalue weighted by atomic mass is 10.2. The summed E-state index contributed by atoms with van der Waals surface area (Å²) < 4.78 is 83.4. The second-order valence-corrected chi connectivity index (χ2v) is 14.0. The first-order valence-electron chi connectivity index (χ1n) is 18.1. The summed E-state index contributed by atoms with van der Waals surface area (Å²) in [5, 5.41) is 15.8. The van der Waals surface area contributed by atoms with E-state index in [0.29, 0.717) is 61.7 Å². The van der Waals surface area contributed by atoms with Crippen molar-refractivity contribution < 1.29 is 26.3 Å². The fourth-order valence-electron chi connectivity index (χ4n) is 6.22. The molecule has 4 heterocycles. The highest BCUT2D eigenvalue weighted by atomic mass is 35.5. The van der Waals surface area contributed by atoms with E-state index in [4.69, 9.17) is 18.0 Å². The Bertz CT molecular complexity index is 2960. The molecule has 8 nitrogen and oxygen atoms in total. The molecule has 0 amide bonds. The summed E-state index contributed by atoms with van der Waals surface area (Å²) in [7, 11) is 0. The van der Waals surface area contributed by atoms with Gasteiger partial charge in [-0.3, -0.25) is 0 Å². The first-order valence-corrected chi connectivity index (χ1v) is 18.5. The van der Waals surface area contributed by atoms with Crippen molar-refractivity contribution >= 4 is 33.7 Å². The van der Waals surface area contributed by atoms with Crippen LogP contribution in [0.5, 0.6) is 0 Å². The first kappa shape index (κ1) is 38.8. The van der Waals surface area contributed by atoms with Crippen molar-refractivity contribution in [3.63, 3.8) is 0 Å². The Kier molecular flexibility index (Phi) is 10.8. The van der Waals surface area contributed by atoms with E-state index in [1.54, 1.807) is 48.8 Å². The van der Waals surface area contributed by atoms with E-state index in [0.717, 1.165) is 37.8 Å². The Hall–Kier alpha value is -7.03. The summed E-state index contributed by atoms with van der Waals surface area (Å²) in [6, 6.07) is 20.1. The highest BCUT2D eigenvalue weighted by Gasteiger charge is 2.31. The molecular weight excluding hydrogens is 790 g/mol. The molecule has 0 saturated heterocycles. The highest BCUT2D eigenvalue weighted by molar-refractivity contribution is 6.29. The molecular formula is C44H27ClF6N8. The van der Waals surface area contributed by atoms with Crippen molar-refractivity contribution in [2.24, 2.45) is 0 Å². The Morgan fingerprint density at radius 3 is 1.49 bits per heavy atom. The molecule has 10 rings (SSSR count). The largest absolute Gasteiger partial charge is 0.321 e. The highest BCUT2D eigenvalue weighted by Crippen LogP contribution is 2.43. The van der Waals surface area contributed by atoms with E-state index in [1.165, 1.54) is 36.4 Å². The number of rotatable bonds is 4. The van der Waals surface area contributed by atoms with Gasteiger partial charge in [0.05, 0.1) is 34.5 Å². The molecule has 15 heteroatoms. The number of halogens is 7. The van der Waals surface area contributed by atoms with Gasteiger partial charge in [0.15, 0.2) is 28.4 Å². The van der Waals surface area contributed by atoms with E-state index >= 15 is 0 Å². The number of fused-ring (bicyclic) bond motifs is 2. The average molecular weight is 817 g/mol. The van der Waals surface area contributed by atoms with Gasteiger partial charge in [-0.2, -0.15) is 10.2 Å². The lowest BCUT2D eigenvalue weighted by Crippen LogP contribution is -1.99. The van der Waals surface area contributed by atoms with Gasteiger partial charge in [-0.15, -0.1) is 16.6 Å². The van der Waals surface area contributed by atoms with Gasteiger partial charge in [-0.25, -0.2) is 36.3 Å². The topological polar surface area (TPSA) is 87.2 Å². The van der Waals surface area contributed by atoms with Gasteiger partial charge in [0, 0.05) is 58.6 Å². The van der Waals surface area contributed by atoms with E-state index in [9.17, 15) is 26.3 Å². The second kappa shape index (κ2) is 16.4. The van der Waals surface area contributed by atoms with Crippen LogP contribution in [0.1, 0.15) is 54.6 Å². The van der Waals surface area contributed by atoms with Gasteiger partial charge >= 0.3 is 0 Å². The third-order valence-corrected chi connectivity index (χ3v) is 9.46. The van der Waals surface area contributed by atoms with Crippen LogP contribution in [0, 0.1) is 59.1 Å². The fourth-order valence-corrected chi connectivity index (χ4v) is 6.38. The minimum atomic E-state index is -0.928. The van der Waals surface area contributed by atoms with Crippen LogP contribution in [0.4, 0.5) is 26.3 Å². The maximum atomic E-state index is 13.8. The molecule has 0 N–H and O–H groups in total. The van der Waals surface area contributed by atoms with Crippen LogP contribution >= 0.6 is 11.6 Å². The molecule has 2 fully saturated rings. The number of aromatic nitrogens is 8. The maximum absolute atomic E-state index is 13.8. The minimum Gasteiger partial charge on any atom is -0.321 e. The summed E-state index contributed by atoms with van der Waals surface area (Å²) >= 11 is 5.86. The molecule has 0 unspecified atom stereocenters. The van der Waals surface area contributed by atoms with Crippen molar-refractivity contribution in [2.75, 3.05) is 0 Å². The van der Waals surface area contributed by atoms with Crippen molar-refractivity contribution in [3.05, 3.63) is 154 Å². The molecule has 0 atom stereocenters. The van der Waals surface area contributed by atoms with E-state index in [1.807, 2.05) is 9.13 Å². The Morgan fingerprint density at radius 2 is 1.02 bits per heavy atom. The Balaban J connectivity index is 0.000000140. The number of imidazole rings is 2. The van der Waals surface area contributed by atoms with Crippen LogP contribution in [0.15, 0.2) is 97.3 Å². The van der Waals surface area contributed by atoms with Gasteiger partial charge < -0.3 is 9.13 Å². The maximum Gasteiger partial charge on any atom is 0.161 e. The quantitative estimate of drug-likeness (QED) is 0.130. The van der Waals surface area contributed by atoms with Crippen LogP contribution in [0.2, 0.25) is 5.15 Å². The van der Waals surface area contributed by atoms with Gasteiger partial charge in [0.2, 0.25) is 0 Å². The Morgan fingerprint density at radius 1 is 0.559 bits per heavy atom. The van der Waals surface area contributed by atoms with Crippen molar-refractivity contribution in [1.29, 1.82) is 0 Å². The van der Waals surface area contributed by atoms with Gasteiger partial charge in [0.25, 0.3) is 0 Å². The van der Waals surface area contributed by atoms with Crippen molar-refractivity contribution in [2.45, 2.75) is 37.8 Å². The molecule has 8 aromatic rings. The molecule has 2 aliphatic carbocycles. The van der Waals surface area contributed by atoms with E-state index < -0.39 is 23.3 Å². The summed E-state index contributed by atoms with van der Waals surface area (Å²) in [6.07, 6.45) is 12.0. The molecule has 59 heavy (non-hydrogen) atoms. The van der Waals surface area contributed by atoms with Crippen LogP contribution in [0.3, 0.4) is 0 Å². The standard InChI is InChI=1S/C22H13F3N4.C14H9ClF2N4.C8H5F/c23-15-4-1-13(2-5-15)3-6-16-9-14(12-26-28-16)22-27-20-10-18(24)19(25)11-21(20)29(22)17-7-8-17;15-13-3-7(6-18-20-13)14-19-11-4-9(16)10(17)5-12(11)21(14)8-1-2-8;1-2-7-3-5-8(9)6-4-7/h1-2,4-5,9-12,17H,7-8H2;3-6,8H,1-2H2;1,3-6H. The molecule has 292 valence electrons. The molecule has 0 radical (unpaired) electrons. The number of hydrogen-bond donors (Lipinski definition) is 0. The van der Waals surface area contributed by atoms with Crippen molar-refractivity contribution in [3.8, 4) is 47.0 Å². The third-order valence-electron chi connectivity index (χ3n) is 9.27. The third kappa shape index (κ3) is 8.78. The lowest BCUT2D eigenvalue weighted by molar-refractivity contribution is 0.510. The lowest BCUT2D eigenvalue weighted by Gasteiger charge is -2.07. The second-order valence-electron chi connectivity index (χ2n) is 13.6.